The highest BCUT2D eigenvalue weighted by Gasteiger charge is 2.41. The quantitative estimate of drug-likeness (QED) is 0.717. The third-order valence-electron chi connectivity index (χ3n) is 7.06. The lowest BCUT2D eigenvalue weighted by atomic mass is 9.77. The minimum absolute atomic E-state index is 0.170. The number of amides is 1. The number of hydrogen-bond acceptors (Lipinski definition) is 8. The van der Waals surface area contributed by atoms with Crippen LogP contribution in [-0.4, -0.2) is 88.7 Å². The number of anilines is 2. The van der Waals surface area contributed by atoms with Crippen LogP contribution < -0.4 is 15.4 Å². The van der Waals surface area contributed by atoms with Crippen LogP contribution in [0.3, 0.4) is 0 Å². The van der Waals surface area contributed by atoms with E-state index >= 15 is 0 Å². The van der Waals surface area contributed by atoms with E-state index in [1.807, 2.05) is 32.6 Å². The molecule has 0 saturated carbocycles. The molecule has 0 aliphatic carbocycles. The number of carbonyl (C=O) groups excluding carboxylic acids is 1. The highest BCUT2D eigenvalue weighted by Crippen LogP contribution is 2.39. The molecule has 1 amide bonds. The predicted octanol–water partition coefficient (Wildman–Crippen LogP) is 1.65. The van der Waals surface area contributed by atoms with Crippen LogP contribution in [0.4, 0.5) is 16.4 Å². The van der Waals surface area contributed by atoms with Crippen LogP contribution in [0.1, 0.15) is 46.2 Å². The summed E-state index contributed by atoms with van der Waals surface area (Å²) >= 11 is 0. The maximum Gasteiger partial charge on any atom is 0.410 e. The molecule has 0 bridgehead atoms. The Morgan fingerprint density at radius 2 is 1.76 bits per heavy atom. The molecule has 0 atom stereocenters. The van der Waals surface area contributed by atoms with Gasteiger partial charge in [0, 0.05) is 50.4 Å². The van der Waals surface area contributed by atoms with Gasteiger partial charge in [-0.3, -0.25) is 4.79 Å². The second kappa shape index (κ2) is 8.44. The molecule has 34 heavy (non-hydrogen) atoms. The third kappa shape index (κ3) is 4.21. The molecule has 11 heteroatoms. The average Bonchev–Trinajstić information content (AvgIpc) is 3.21. The first kappa shape index (κ1) is 22.9. The number of rotatable bonds is 3. The fourth-order valence-corrected chi connectivity index (χ4v) is 4.96. The van der Waals surface area contributed by atoms with Crippen molar-refractivity contribution in [3.05, 3.63) is 16.0 Å². The summed E-state index contributed by atoms with van der Waals surface area (Å²) in [4.78, 5) is 39.8. The van der Waals surface area contributed by atoms with E-state index in [1.165, 1.54) is 4.52 Å². The molecule has 2 aromatic heterocycles. The minimum atomic E-state index is -0.531. The smallest absolute Gasteiger partial charge is 0.410 e. The van der Waals surface area contributed by atoms with E-state index in [0.717, 1.165) is 44.8 Å². The van der Waals surface area contributed by atoms with Crippen LogP contribution in [0.25, 0.3) is 5.78 Å². The summed E-state index contributed by atoms with van der Waals surface area (Å²) in [5, 5.41) is 4.59. The molecule has 186 valence electrons. The van der Waals surface area contributed by atoms with Crippen molar-refractivity contribution in [1.82, 2.24) is 24.5 Å². The van der Waals surface area contributed by atoms with Gasteiger partial charge in [-0.2, -0.15) is 9.50 Å². The van der Waals surface area contributed by atoms with Crippen molar-refractivity contribution >= 4 is 23.5 Å². The van der Waals surface area contributed by atoms with Gasteiger partial charge < -0.3 is 29.2 Å². The van der Waals surface area contributed by atoms with Crippen LogP contribution in [0.15, 0.2) is 4.79 Å². The molecule has 3 aliphatic heterocycles. The second-order valence-corrected chi connectivity index (χ2v) is 10.7. The average molecular weight is 474 g/mol. The van der Waals surface area contributed by atoms with Gasteiger partial charge in [0.05, 0.1) is 13.2 Å². The number of piperidine rings is 1. The number of H-pyrrole nitrogens is 1. The van der Waals surface area contributed by atoms with Crippen LogP contribution in [0.2, 0.25) is 0 Å². The van der Waals surface area contributed by atoms with Gasteiger partial charge in [0.25, 0.3) is 5.56 Å². The molecular weight excluding hydrogens is 438 g/mol. The maximum absolute atomic E-state index is 13.5. The second-order valence-electron chi connectivity index (χ2n) is 10.7. The van der Waals surface area contributed by atoms with E-state index in [9.17, 15) is 9.59 Å². The predicted molar refractivity (Wildman–Crippen MR) is 128 cm³/mol. The number of nitrogens with zero attached hydrogens (tertiary/aromatic N) is 6. The Balaban J connectivity index is 1.34. The molecule has 3 aliphatic rings. The van der Waals surface area contributed by atoms with Gasteiger partial charge in [-0.1, -0.05) is 6.92 Å². The lowest BCUT2D eigenvalue weighted by Gasteiger charge is -2.47. The Labute approximate surface area is 199 Å². The molecule has 0 aromatic carbocycles. The fraction of sp³-hybridized carbons (Fsp3) is 0.739. The number of nitrogens with one attached hydrogen (secondary N) is 1. The zero-order valence-corrected chi connectivity index (χ0v) is 20.6. The summed E-state index contributed by atoms with van der Waals surface area (Å²) in [5.41, 5.74) is 1.08. The molecule has 0 unspecified atom stereocenters. The maximum atomic E-state index is 13.5. The SMILES string of the molecule is CCc1[nH]c2nc(N3CCC4(CC3)COC4)nn2c(=O)c1N1CCN(C(=O)OC(C)(C)C)CC1. The molecular formula is C23H35N7O4. The van der Waals surface area contributed by atoms with Crippen LogP contribution >= 0.6 is 0 Å². The number of aryl methyl sites for hydroxylation is 1. The summed E-state index contributed by atoms with van der Waals surface area (Å²) in [6.45, 7) is 13.1. The number of aromatic amines is 1. The van der Waals surface area contributed by atoms with E-state index in [2.05, 4.69) is 20.0 Å². The Hall–Kier alpha value is -2.82. The van der Waals surface area contributed by atoms with Gasteiger partial charge in [-0.15, -0.1) is 5.10 Å². The number of fused-ring (bicyclic) bond motifs is 1. The van der Waals surface area contributed by atoms with Crippen molar-refractivity contribution in [2.75, 3.05) is 62.3 Å². The number of piperazine rings is 1. The first-order valence-electron chi connectivity index (χ1n) is 12.3. The van der Waals surface area contributed by atoms with E-state index in [4.69, 9.17) is 9.47 Å². The summed E-state index contributed by atoms with van der Waals surface area (Å²) in [7, 11) is 0. The van der Waals surface area contributed by atoms with Crippen molar-refractivity contribution in [2.45, 2.75) is 52.6 Å². The summed E-state index contributed by atoms with van der Waals surface area (Å²) in [6.07, 6.45) is 2.47. The van der Waals surface area contributed by atoms with Crippen molar-refractivity contribution in [2.24, 2.45) is 5.41 Å². The molecule has 1 spiro atoms. The number of aromatic nitrogens is 4. The fourth-order valence-electron chi connectivity index (χ4n) is 4.96. The van der Waals surface area contributed by atoms with Crippen molar-refractivity contribution in [1.29, 1.82) is 0 Å². The monoisotopic (exact) mass is 473 g/mol. The van der Waals surface area contributed by atoms with Crippen molar-refractivity contribution in [3.63, 3.8) is 0 Å². The summed E-state index contributed by atoms with van der Waals surface area (Å²) < 4.78 is 12.3. The van der Waals surface area contributed by atoms with Gasteiger partial charge in [-0.25, -0.2) is 4.79 Å². The highest BCUT2D eigenvalue weighted by molar-refractivity contribution is 5.68. The van der Waals surface area contributed by atoms with Gasteiger partial charge in [-0.05, 0) is 40.0 Å². The molecule has 0 radical (unpaired) electrons. The van der Waals surface area contributed by atoms with Crippen molar-refractivity contribution < 1.29 is 14.3 Å². The molecule has 11 nitrogen and oxygen atoms in total. The molecule has 5 rings (SSSR count). The van der Waals surface area contributed by atoms with Gasteiger partial charge >= 0.3 is 6.09 Å². The summed E-state index contributed by atoms with van der Waals surface area (Å²) in [5.74, 6) is 1.07. The zero-order chi connectivity index (χ0) is 24.1. The van der Waals surface area contributed by atoms with E-state index in [-0.39, 0.29) is 11.7 Å². The molecule has 5 heterocycles. The first-order valence-corrected chi connectivity index (χ1v) is 12.3. The van der Waals surface area contributed by atoms with E-state index < -0.39 is 5.60 Å². The Morgan fingerprint density at radius 3 is 2.32 bits per heavy atom. The number of hydrogen-bond donors (Lipinski definition) is 1. The Kier molecular flexibility index (Phi) is 5.70. The standard InChI is InChI=1S/C23H35N7O4/c1-5-16-17(27-10-12-29(13-11-27)21(32)34-22(2,3)4)18(31)30-19(24-16)25-20(26-30)28-8-6-23(7-9-28)14-33-15-23/h5-15H2,1-4H3,(H,24,25,26). The van der Waals surface area contributed by atoms with Crippen LogP contribution in [0.5, 0.6) is 0 Å². The molecule has 3 fully saturated rings. The van der Waals surface area contributed by atoms with Crippen LogP contribution in [0, 0.1) is 5.41 Å². The highest BCUT2D eigenvalue weighted by atomic mass is 16.6. The Bertz CT molecular complexity index is 1110. The topological polar surface area (TPSA) is 108 Å². The zero-order valence-electron chi connectivity index (χ0n) is 20.6. The lowest BCUT2D eigenvalue weighted by molar-refractivity contribution is -0.124. The first-order chi connectivity index (χ1) is 16.2. The Morgan fingerprint density at radius 1 is 1.09 bits per heavy atom. The van der Waals surface area contributed by atoms with E-state index in [0.29, 0.717) is 55.4 Å². The van der Waals surface area contributed by atoms with Gasteiger partial charge in [0.15, 0.2) is 0 Å². The molecule has 3 saturated heterocycles. The van der Waals surface area contributed by atoms with Gasteiger partial charge in [0.1, 0.15) is 11.3 Å². The summed E-state index contributed by atoms with van der Waals surface area (Å²) in [6, 6.07) is 0. The largest absolute Gasteiger partial charge is 0.444 e. The van der Waals surface area contributed by atoms with Gasteiger partial charge in [0.2, 0.25) is 11.7 Å². The third-order valence-corrected chi connectivity index (χ3v) is 7.06. The molecule has 1 N–H and O–H groups in total. The van der Waals surface area contributed by atoms with E-state index in [1.54, 1.807) is 4.90 Å². The minimum Gasteiger partial charge on any atom is -0.444 e. The number of ether oxygens (including phenoxy) is 2. The molecule has 2 aromatic rings. The number of carbonyl (C=O) groups is 1. The van der Waals surface area contributed by atoms with Crippen molar-refractivity contribution in [3.8, 4) is 0 Å². The van der Waals surface area contributed by atoms with Crippen LogP contribution in [-0.2, 0) is 15.9 Å². The lowest BCUT2D eigenvalue weighted by Crippen LogP contribution is -2.51. The normalized spacial score (nSPS) is 20.6.